The lowest BCUT2D eigenvalue weighted by molar-refractivity contribution is 0.282. The van der Waals surface area contributed by atoms with Crippen molar-refractivity contribution in [2.24, 2.45) is 0 Å². The highest BCUT2D eigenvalue weighted by molar-refractivity contribution is 7.99. The molecule has 0 aliphatic carbocycles. The lowest BCUT2D eigenvalue weighted by Gasteiger charge is -1.98. The Balaban J connectivity index is 2.69. The van der Waals surface area contributed by atoms with Crippen molar-refractivity contribution in [2.75, 3.05) is 18.1 Å². The lowest BCUT2D eigenvalue weighted by atomic mass is 10.2. The summed E-state index contributed by atoms with van der Waals surface area (Å²) in [6, 6.07) is 0. The topological polar surface area (TPSA) is 20.2 Å². The molecule has 0 rings (SSSR count). The summed E-state index contributed by atoms with van der Waals surface area (Å²) in [5, 5.41) is 8.50. The van der Waals surface area contributed by atoms with E-state index in [1.807, 2.05) is 11.8 Å². The summed E-state index contributed by atoms with van der Waals surface area (Å²) in [4.78, 5) is 0. The Morgan fingerprint density at radius 1 is 1.00 bits per heavy atom. The lowest BCUT2D eigenvalue weighted by Crippen LogP contribution is -1.85. The van der Waals surface area contributed by atoms with Crippen LogP contribution in [0.3, 0.4) is 0 Å². The fraction of sp³-hybridized carbons (Fsp3) is 1.00. The molecular formula is C9H20OS. The number of aliphatic hydroxyl groups is 1. The molecule has 0 atom stereocenters. The van der Waals surface area contributed by atoms with Gasteiger partial charge in [-0.2, -0.15) is 11.8 Å². The molecule has 0 aromatic carbocycles. The normalized spacial score (nSPS) is 10.4. The molecule has 0 aliphatic heterocycles. The SMILES string of the molecule is CCSCCCCCCCO. The van der Waals surface area contributed by atoms with Gasteiger partial charge in [-0.3, -0.25) is 0 Å². The van der Waals surface area contributed by atoms with Gasteiger partial charge < -0.3 is 5.11 Å². The standard InChI is InChI=1S/C9H20OS/c1-2-11-9-7-5-3-4-6-8-10/h10H,2-9H2,1H3. The van der Waals surface area contributed by atoms with Crippen LogP contribution in [0, 0.1) is 0 Å². The van der Waals surface area contributed by atoms with Gasteiger partial charge in [-0.1, -0.05) is 26.2 Å². The largest absolute Gasteiger partial charge is 0.396 e. The van der Waals surface area contributed by atoms with Crippen LogP contribution in [0.5, 0.6) is 0 Å². The zero-order valence-corrected chi connectivity index (χ0v) is 8.33. The predicted molar refractivity (Wildman–Crippen MR) is 53.2 cm³/mol. The van der Waals surface area contributed by atoms with Crippen molar-refractivity contribution in [1.29, 1.82) is 0 Å². The van der Waals surface area contributed by atoms with E-state index in [1.165, 1.54) is 37.2 Å². The van der Waals surface area contributed by atoms with Gasteiger partial charge in [0, 0.05) is 6.61 Å². The second-order valence-corrected chi connectivity index (χ2v) is 4.08. The number of aliphatic hydroxyl groups excluding tert-OH is 1. The van der Waals surface area contributed by atoms with Gasteiger partial charge in [-0.25, -0.2) is 0 Å². The number of hydrogen-bond donors (Lipinski definition) is 1. The maximum Gasteiger partial charge on any atom is 0.0431 e. The van der Waals surface area contributed by atoms with Crippen LogP contribution in [0.25, 0.3) is 0 Å². The van der Waals surface area contributed by atoms with Gasteiger partial charge in [0.05, 0.1) is 0 Å². The number of thioether (sulfide) groups is 1. The molecule has 11 heavy (non-hydrogen) atoms. The molecule has 0 aromatic heterocycles. The molecule has 0 saturated heterocycles. The van der Waals surface area contributed by atoms with Gasteiger partial charge in [-0.05, 0) is 24.3 Å². The van der Waals surface area contributed by atoms with Crippen LogP contribution in [0.2, 0.25) is 0 Å². The Morgan fingerprint density at radius 2 is 1.64 bits per heavy atom. The molecule has 0 amide bonds. The van der Waals surface area contributed by atoms with Crippen molar-refractivity contribution in [3.8, 4) is 0 Å². The van der Waals surface area contributed by atoms with Crippen LogP contribution in [0.1, 0.15) is 39.0 Å². The van der Waals surface area contributed by atoms with Crippen LogP contribution in [-0.2, 0) is 0 Å². The Hall–Kier alpha value is 0.310. The molecule has 0 heterocycles. The van der Waals surface area contributed by atoms with E-state index in [-0.39, 0.29) is 0 Å². The van der Waals surface area contributed by atoms with Gasteiger partial charge in [0.25, 0.3) is 0 Å². The van der Waals surface area contributed by atoms with Crippen LogP contribution >= 0.6 is 11.8 Å². The van der Waals surface area contributed by atoms with E-state index in [4.69, 9.17) is 5.11 Å². The maximum atomic E-state index is 8.50. The van der Waals surface area contributed by atoms with Gasteiger partial charge in [0.1, 0.15) is 0 Å². The second kappa shape index (κ2) is 10.3. The average molecular weight is 176 g/mol. The first-order valence-corrected chi connectivity index (χ1v) is 5.76. The number of unbranched alkanes of at least 4 members (excludes halogenated alkanes) is 4. The summed E-state index contributed by atoms with van der Waals surface area (Å²) in [6.07, 6.45) is 6.18. The Labute approximate surface area is 74.6 Å². The maximum absolute atomic E-state index is 8.50. The molecule has 68 valence electrons. The Morgan fingerprint density at radius 3 is 2.27 bits per heavy atom. The van der Waals surface area contributed by atoms with Crippen molar-refractivity contribution in [3.63, 3.8) is 0 Å². The second-order valence-electron chi connectivity index (χ2n) is 2.69. The highest BCUT2D eigenvalue weighted by atomic mass is 32.2. The Kier molecular flexibility index (Phi) is 10.6. The summed E-state index contributed by atoms with van der Waals surface area (Å²) >= 11 is 2.02. The van der Waals surface area contributed by atoms with E-state index in [9.17, 15) is 0 Å². The summed E-state index contributed by atoms with van der Waals surface area (Å²) in [5.74, 6) is 2.56. The molecule has 0 spiro atoms. The van der Waals surface area contributed by atoms with E-state index in [1.54, 1.807) is 0 Å². The van der Waals surface area contributed by atoms with Crippen molar-refractivity contribution in [1.82, 2.24) is 0 Å². The minimum atomic E-state index is 0.365. The zero-order valence-electron chi connectivity index (χ0n) is 7.51. The molecule has 1 nitrogen and oxygen atoms in total. The van der Waals surface area contributed by atoms with Gasteiger partial charge in [0.15, 0.2) is 0 Å². The molecule has 0 aromatic rings. The molecule has 0 bridgehead atoms. The zero-order chi connectivity index (χ0) is 8.36. The van der Waals surface area contributed by atoms with Crippen molar-refractivity contribution < 1.29 is 5.11 Å². The van der Waals surface area contributed by atoms with E-state index in [2.05, 4.69) is 6.92 Å². The molecular weight excluding hydrogens is 156 g/mol. The van der Waals surface area contributed by atoms with E-state index in [0.29, 0.717) is 6.61 Å². The first kappa shape index (κ1) is 11.3. The van der Waals surface area contributed by atoms with Crippen LogP contribution in [-0.4, -0.2) is 23.2 Å². The summed E-state index contributed by atoms with van der Waals surface area (Å²) in [7, 11) is 0. The third-order valence-corrected chi connectivity index (χ3v) is 2.64. The number of rotatable bonds is 8. The fourth-order valence-corrected chi connectivity index (χ4v) is 1.69. The van der Waals surface area contributed by atoms with Crippen LogP contribution in [0.4, 0.5) is 0 Å². The minimum absolute atomic E-state index is 0.365. The van der Waals surface area contributed by atoms with E-state index < -0.39 is 0 Å². The summed E-state index contributed by atoms with van der Waals surface area (Å²) in [6.45, 7) is 2.57. The molecule has 0 fully saturated rings. The average Bonchev–Trinajstić information content (AvgIpc) is 2.03. The van der Waals surface area contributed by atoms with Crippen LogP contribution < -0.4 is 0 Å². The fourth-order valence-electron chi connectivity index (χ4n) is 0.991. The van der Waals surface area contributed by atoms with Crippen molar-refractivity contribution in [2.45, 2.75) is 39.0 Å². The quantitative estimate of drug-likeness (QED) is 0.574. The molecule has 0 saturated carbocycles. The molecule has 0 radical (unpaired) electrons. The Bertz CT molecular complexity index is 58.6. The van der Waals surface area contributed by atoms with Crippen LogP contribution in [0.15, 0.2) is 0 Å². The highest BCUT2D eigenvalue weighted by Crippen LogP contribution is 2.07. The monoisotopic (exact) mass is 176 g/mol. The van der Waals surface area contributed by atoms with Crippen molar-refractivity contribution in [3.05, 3.63) is 0 Å². The summed E-state index contributed by atoms with van der Waals surface area (Å²) < 4.78 is 0. The van der Waals surface area contributed by atoms with E-state index >= 15 is 0 Å². The first-order chi connectivity index (χ1) is 5.41. The van der Waals surface area contributed by atoms with Gasteiger partial charge >= 0.3 is 0 Å². The number of hydrogen-bond acceptors (Lipinski definition) is 2. The summed E-state index contributed by atoms with van der Waals surface area (Å²) in [5.41, 5.74) is 0. The van der Waals surface area contributed by atoms with E-state index in [0.717, 1.165) is 6.42 Å². The highest BCUT2D eigenvalue weighted by Gasteiger charge is 1.89. The third-order valence-electron chi connectivity index (χ3n) is 1.65. The third kappa shape index (κ3) is 10.3. The smallest absolute Gasteiger partial charge is 0.0431 e. The van der Waals surface area contributed by atoms with Gasteiger partial charge in [-0.15, -0.1) is 0 Å². The van der Waals surface area contributed by atoms with Gasteiger partial charge in [0.2, 0.25) is 0 Å². The predicted octanol–water partition coefficient (Wildman–Crippen LogP) is 2.68. The molecule has 1 N–H and O–H groups in total. The molecule has 0 unspecified atom stereocenters. The molecule has 0 aliphatic rings. The van der Waals surface area contributed by atoms with Crippen molar-refractivity contribution >= 4 is 11.8 Å². The first-order valence-electron chi connectivity index (χ1n) is 4.60. The minimum Gasteiger partial charge on any atom is -0.396 e. The molecule has 2 heteroatoms.